The molecule has 3 aromatic rings. The van der Waals surface area contributed by atoms with Crippen LogP contribution in [0.3, 0.4) is 0 Å². The predicted molar refractivity (Wildman–Crippen MR) is 73.8 cm³/mol. The first-order valence-electron chi connectivity index (χ1n) is 5.97. The van der Waals surface area contributed by atoms with E-state index in [4.69, 9.17) is 4.74 Å². The first kappa shape index (κ1) is 11.5. The van der Waals surface area contributed by atoms with Gasteiger partial charge in [-0.3, -0.25) is 10.1 Å². The summed E-state index contributed by atoms with van der Waals surface area (Å²) >= 11 is 0. The average Bonchev–Trinajstić information content (AvgIpc) is 2.98. The van der Waals surface area contributed by atoms with Gasteiger partial charge in [0.05, 0.1) is 18.5 Å². The third-order valence-electron chi connectivity index (χ3n) is 2.95. The lowest BCUT2D eigenvalue weighted by Crippen LogP contribution is -1.82. The van der Waals surface area contributed by atoms with Crippen LogP contribution in [0.15, 0.2) is 54.9 Å². The predicted octanol–water partition coefficient (Wildman–Crippen LogP) is 3.15. The summed E-state index contributed by atoms with van der Waals surface area (Å²) in [5, 5.41) is 7.37. The van der Waals surface area contributed by atoms with Crippen molar-refractivity contribution in [2.45, 2.75) is 0 Å². The van der Waals surface area contributed by atoms with Crippen LogP contribution in [0.5, 0.6) is 5.75 Å². The highest BCUT2D eigenvalue weighted by Gasteiger charge is 2.05. The molecule has 0 aliphatic rings. The van der Waals surface area contributed by atoms with Crippen molar-refractivity contribution in [2.75, 3.05) is 7.11 Å². The normalized spacial score (nSPS) is 10.4. The number of pyridine rings is 1. The molecule has 0 fully saturated rings. The number of aromatic amines is 1. The Morgan fingerprint density at radius 3 is 2.37 bits per heavy atom. The average molecular weight is 251 g/mol. The quantitative estimate of drug-likeness (QED) is 0.778. The number of nitrogens with one attached hydrogen (secondary N) is 1. The number of nitrogens with zero attached hydrogens (tertiary/aromatic N) is 2. The van der Waals surface area contributed by atoms with Crippen molar-refractivity contribution in [1.82, 2.24) is 15.2 Å². The van der Waals surface area contributed by atoms with Crippen molar-refractivity contribution < 1.29 is 4.74 Å². The van der Waals surface area contributed by atoms with E-state index in [-0.39, 0.29) is 0 Å². The summed E-state index contributed by atoms with van der Waals surface area (Å²) in [5.41, 5.74) is 4.02. The highest BCUT2D eigenvalue weighted by Crippen LogP contribution is 2.24. The summed E-state index contributed by atoms with van der Waals surface area (Å²) in [5.74, 6) is 0.841. The molecule has 4 nitrogen and oxygen atoms in total. The molecule has 94 valence electrons. The fourth-order valence-corrected chi connectivity index (χ4v) is 1.91. The second kappa shape index (κ2) is 4.94. The maximum atomic E-state index is 5.14. The molecule has 2 aromatic heterocycles. The molecule has 0 aliphatic carbocycles. The molecule has 0 aliphatic heterocycles. The minimum absolute atomic E-state index is 0.841. The van der Waals surface area contributed by atoms with E-state index >= 15 is 0 Å². The molecule has 0 saturated carbocycles. The Morgan fingerprint density at radius 2 is 1.68 bits per heavy atom. The van der Waals surface area contributed by atoms with Gasteiger partial charge < -0.3 is 4.74 Å². The van der Waals surface area contributed by atoms with Crippen LogP contribution in [0.1, 0.15) is 0 Å². The van der Waals surface area contributed by atoms with Gasteiger partial charge in [0.1, 0.15) is 5.75 Å². The molecule has 4 heteroatoms. The molecule has 0 saturated heterocycles. The van der Waals surface area contributed by atoms with E-state index in [0.717, 1.165) is 28.3 Å². The Kier molecular flexibility index (Phi) is 2.98. The van der Waals surface area contributed by atoms with Gasteiger partial charge in [-0.15, -0.1) is 0 Å². The third kappa shape index (κ3) is 2.33. The van der Waals surface area contributed by atoms with Crippen LogP contribution in [0, 0.1) is 0 Å². The monoisotopic (exact) mass is 251 g/mol. The number of methoxy groups -OCH3 is 1. The van der Waals surface area contributed by atoms with Crippen LogP contribution in [0.2, 0.25) is 0 Å². The molecule has 3 rings (SSSR count). The summed E-state index contributed by atoms with van der Waals surface area (Å²) in [4.78, 5) is 4.01. The molecule has 1 aromatic carbocycles. The van der Waals surface area contributed by atoms with E-state index in [0.29, 0.717) is 0 Å². The lowest BCUT2D eigenvalue weighted by Gasteiger charge is -2.00. The van der Waals surface area contributed by atoms with Gasteiger partial charge in [-0.2, -0.15) is 5.10 Å². The molecule has 19 heavy (non-hydrogen) atoms. The molecule has 2 heterocycles. The largest absolute Gasteiger partial charge is 0.497 e. The van der Waals surface area contributed by atoms with E-state index in [2.05, 4.69) is 15.2 Å². The van der Waals surface area contributed by atoms with Crippen molar-refractivity contribution in [2.24, 2.45) is 0 Å². The molecule has 0 bridgehead atoms. The van der Waals surface area contributed by atoms with Crippen LogP contribution >= 0.6 is 0 Å². The number of hydrogen-bond donors (Lipinski definition) is 1. The zero-order chi connectivity index (χ0) is 13.1. The van der Waals surface area contributed by atoms with Gasteiger partial charge in [0.25, 0.3) is 0 Å². The number of aromatic nitrogens is 3. The Balaban J connectivity index is 1.92. The van der Waals surface area contributed by atoms with Crippen LogP contribution in [0.25, 0.3) is 22.5 Å². The maximum absolute atomic E-state index is 5.14. The highest BCUT2D eigenvalue weighted by molar-refractivity contribution is 5.68. The third-order valence-corrected chi connectivity index (χ3v) is 2.95. The molecule has 0 spiro atoms. The van der Waals surface area contributed by atoms with Crippen LogP contribution in [-0.2, 0) is 0 Å². The van der Waals surface area contributed by atoms with E-state index in [1.54, 1.807) is 19.5 Å². The Bertz CT molecular complexity index is 659. The lowest BCUT2D eigenvalue weighted by molar-refractivity contribution is 0.415. The summed E-state index contributed by atoms with van der Waals surface area (Å²) in [6.45, 7) is 0. The Hall–Kier alpha value is -2.62. The molecule has 1 N–H and O–H groups in total. The van der Waals surface area contributed by atoms with Crippen LogP contribution in [0.4, 0.5) is 0 Å². The zero-order valence-electron chi connectivity index (χ0n) is 10.5. The van der Waals surface area contributed by atoms with Gasteiger partial charge in [0.2, 0.25) is 0 Å². The van der Waals surface area contributed by atoms with E-state index in [1.165, 1.54) is 0 Å². The van der Waals surface area contributed by atoms with Crippen molar-refractivity contribution in [3.05, 3.63) is 54.9 Å². The van der Waals surface area contributed by atoms with E-state index in [9.17, 15) is 0 Å². The van der Waals surface area contributed by atoms with Gasteiger partial charge in [0, 0.05) is 23.5 Å². The molecular weight excluding hydrogens is 238 g/mol. The Morgan fingerprint density at radius 1 is 0.947 bits per heavy atom. The number of hydrogen-bond acceptors (Lipinski definition) is 3. The molecule has 0 atom stereocenters. The number of benzene rings is 1. The summed E-state index contributed by atoms with van der Waals surface area (Å²) in [7, 11) is 1.66. The fourth-order valence-electron chi connectivity index (χ4n) is 1.91. The molecule has 0 unspecified atom stereocenters. The first-order chi connectivity index (χ1) is 9.36. The smallest absolute Gasteiger partial charge is 0.118 e. The van der Waals surface area contributed by atoms with Crippen molar-refractivity contribution in [3.8, 4) is 28.3 Å². The van der Waals surface area contributed by atoms with Crippen molar-refractivity contribution in [3.63, 3.8) is 0 Å². The molecular formula is C15H13N3O. The van der Waals surface area contributed by atoms with Crippen molar-refractivity contribution in [1.29, 1.82) is 0 Å². The second-order valence-corrected chi connectivity index (χ2v) is 4.13. The lowest BCUT2D eigenvalue weighted by atomic mass is 10.1. The second-order valence-electron chi connectivity index (χ2n) is 4.13. The van der Waals surface area contributed by atoms with Gasteiger partial charge in [-0.05, 0) is 42.5 Å². The van der Waals surface area contributed by atoms with Gasteiger partial charge in [-0.25, -0.2) is 0 Å². The minimum atomic E-state index is 0.841. The van der Waals surface area contributed by atoms with Gasteiger partial charge >= 0.3 is 0 Å². The SMILES string of the molecule is COc1ccc(-c2cc(-c3ccncc3)[nH]n2)cc1. The van der Waals surface area contributed by atoms with Crippen LogP contribution in [-0.4, -0.2) is 22.3 Å². The number of rotatable bonds is 3. The summed E-state index contributed by atoms with van der Waals surface area (Å²) < 4.78 is 5.14. The standard InChI is InChI=1S/C15H13N3O/c1-19-13-4-2-11(3-5-13)14-10-15(18-17-14)12-6-8-16-9-7-12/h2-10H,1H3,(H,17,18). The zero-order valence-corrected chi connectivity index (χ0v) is 10.5. The Labute approximate surface area is 111 Å². The van der Waals surface area contributed by atoms with Crippen molar-refractivity contribution >= 4 is 0 Å². The minimum Gasteiger partial charge on any atom is -0.497 e. The number of H-pyrrole nitrogens is 1. The maximum Gasteiger partial charge on any atom is 0.118 e. The summed E-state index contributed by atoms with van der Waals surface area (Å²) in [6, 6.07) is 13.8. The summed E-state index contributed by atoms with van der Waals surface area (Å²) in [6.07, 6.45) is 3.53. The molecule has 0 amide bonds. The topological polar surface area (TPSA) is 50.8 Å². The van der Waals surface area contributed by atoms with Crippen LogP contribution < -0.4 is 4.74 Å². The van der Waals surface area contributed by atoms with E-state index in [1.807, 2.05) is 42.5 Å². The molecule has 0 radical (unpaired) electrons. The number of ether oxygens (including phenoxy) is 1. The van der Waals surface area contributed by atoms with Gasteiger partial charge in [0.15, 0.2) is 0 Å². The fraction of sp³-hybridized carbons (Fsp3) is 0.0667. The van der Waals surface area contributed by atoms with Gasteiger partial charge in [-0.1, -0.05) is 0 Å². The first-order valence-corrected chi connectivity index (χ1v) is 5.97. The van der Waals surface area contributed by atoms with E-state index < -0.39 is 0 Å². The highest BCUT2D eigenvalue weighted by atomic mass is 16.5.